The first kappa shape index (κ1) is 64.3. The Labute approximate surface area is 598 Å². The summed E-state index contributed by atoms with van der Waals surface area (Å²) in [5.41, 5.74) is 27.2. The molecule has 2 heterocycles. The van der Waals surface area contributed by atoms with Crippen LogP contribution in [-0.4, -0.2) is 0 Å². The van der Waals surface area contributed by atoms with Gasteiger partial charge in [0.25, 0.3) is 0 Å². The summed E-state index contributed by atoms with van der Waals surface area (Å²) in [6, 6.07) is 115. The van der Waals surface area contributed by atoms with Gasteiger partial charge in [0.1, 0.15) is 22.3 Å². The van der Waals surface area contributed by atoms with Crippen LogP contribution in [0.1, 0.15) is 79.0 Å². The molecule has 5 heteroatoms. The van der Waals surface area contributed by atoms with Gasteiger partial charge < -0.3 is 18.6 Å². The first-order chi connectivity index (χ1) is 48.9. The van der Waals surface area contributed by atoms with E-state index in [1.54, 1.807) is 0 Å². The molecule has 0 radical (unpaired) electrons. The topological polar surface area (TPSA) is 32.8 Å². The third-order valence-corrected chi connectivity index (χ3v) is 20.1. The molecule has 16 rings (SSSR count). The van der Waals surface area contributed by atoms with Crippen LogP contribution < -0.4 is 9.80 Å². The van der Waals surface area contributed by atoms with Crippen molar-refractivity contribution in [2.45, 2.75) is 78.6 Å². The molecular formula is C96H79ClN2O2. The van der Waals surface area contributed by atoms with Gasteiger partial charge in [-0.3, -0.25) is 0 Å². The second-order valence-corrected chi connectivity index (χ2v) is 30.3. The van der Waals surface area contributed by atoms with E-state index in [0.29, 0.717) is 5.02 Å². The average molecular weight is 1330 g/mol. The van der Waals surface area contributed by atoms with E-state index in [1.165, 1.54) is 11.1 Å². The zero-order valence-corrected chi connectivity index (χ0v) is 59.4. The average Bonchev–Trinajstić information content (AvgIpc) is 1.66. The molecule has 0 saturated carbocycles. The minimum atomic E-state index is -0.383. The Balaban J connectivity index is 1.06. The number of benzene rings is 14. The van der Waals surface area contributed by atoms with Gasteiger partial charge in [-0.1, -0.05) is 274 Å². The number of nitrogens with zero attached hydrogens (tertiary/aromatic N) is 2. The minimum Gasteiger partial charge on any atom is -0.456 e. The maximum absolute atomic E-state index is 7.33. The van der Waals surface area contributed by atoms with Crippen LogP contribution in [0.25, 0.3) is 122 Å². The van der Waals surface area contributed by atoms with E-state index in [2.05, 4.69) is 381 Å². The van der Waals surface area contributed by atoms with Crippen molar-refractivity contribution >= 4 is 89.6 Å². The highest BCUT2D eigenvalue weighted by atomic mass is 35.5. The van der Waals surface area contributed by atoms with Crippen molar-refractivity contribution in [2.24, 2.45) is 0 Å². The molecule has 492 valence electrons. The predicted molar refractivity (Wildman–Crippen MR) is 430 cm³/mol. The Morgan fingerprint density at radius 3 is 1.01 bits per heavy atom. The number of hydrogen-bond acceptors (Lipinski definition) is 4. The summed E-state index contributed by atoms with van der Waals surface area (Å²) in [6.07, 6.45) is 0. The molecule has 0 bridgehead atoms. The second-order valence-electron chi connectivity index (χ2n) is 29.8. The summed E-state index contributed by atoms with van der Waals surface area (Å²) in [4.78, 5) is 5.04. The first-order valence-corrected chi connectivity index (χ1v) is 35.4. The minimum absolute atomic E-state index is 0.200. The number of fused-ring (bicyclic) bond motifs is 6. The van der Waals surface area contributed by atoms with Crippen molar-refractivity contribution in [3.05, 3.63) is 337 Å². The highest BCUT2D eigenvalue weighted by Crippen LogP contribution is 2.56. The molecule has 16 aromatic rings. The van der Waals surface area contributed by atoms with Crippen molar-refractivity contribution in [3.63, 3.8) is 0 Å². The van der Waals surface area contributed by atoms with E-state index in [9.17, 15) is 0 Å². The van der Waals surface area contributed by atoms with Crippen molar-refractivity contribution in [1.29, 1.82) is 0 Å². The number of para-hydroxylation sites is 2. The lowest BCUT2D eigenvalue weighted by atomic mass is 9.80. The predicted octanol–water partition coefficient (Wildman–Crippen LogP) is 28.6. The first-order valence-electron chi connectivity index (χ1n) is 35.0. The van der Waals surface area contributed by atoms with Crippen LogP contribution >= 0.6 is 11.6 Å². The molecule has 0 N–H and O–H groups in total. The molecule has 0 fully saturated rings. The number of furan rings is 2. The van der Waals surface area contributed by atoms with E-state index in [4.69, 9.17) is 20.4 Å². The summed E-state index contributed by atoms with van der Waals surface area (Å²) in [7, 11) is 0. The number of anilines is 6. The van der Waals surface area contributed by atoms with Crippen LogP contribution in [0.3, 0.4) is 0 Å². The van der Waals surface area contributed by atoms with Crippen molar-refractivity contribution in [2.75, 3.05) is 9.80 Å². The molecule has 0 spiro atoms. The van der Waals surface area contributed by atoms with Crippen LogP contribution in [0.2, 0.25) is 5.02 Å². The van der Waals surface area contributed by atoms with Crippen LogP contribution in [0.4, 0.5) is 34.1 Å². The number of rotatable bonds is 13. The van der Waals surface area contributed by atoms with Crippen molar-refractivity contribution < 1.29 is 8.83 Å². The van der Waals surface area contributed by atoms with E-state index < -0.39 is 0 Å². The maximum atomic E-state index is 7.33. The van der Waals surface area contributed by atoms with Crippen LogP contribution in [-0.2, 0) is 16.2 Å². The number of halogens is 1. The number of hydrogen-bond donors (Lipinski definition) is 0. The van der Waals surface area contributed by atoms with Gasteiger partial charge in [0.2, 0.25) is 0 Å². The molecule has 0 saturated heterocycles. The summed E-state index contributed by atoms with van der Waals surface area (Å²) in [5, 5.41) is 4.83. The van der Waals surface area contributed by atoms with Gasteiger partial charge in [-0.15, -0.1) is 0 Å². The van der Waals surface area contributed by atoms with E-state index in [-0.39, 0.29) is 16.2 Å². The molecule has 14 aromatic carbocycles. The molecule has 0 unspecified atom stereocenters. The fraction of sp³-hybridized carbons (Fsp3) is 0.125. The normalized spacial score (nSPS) is 12.1. The van der Waals surface area contributed by atoms with E-state index in [0.717, 1.165) is 161 Å². The highest BCUT2D eigenvalue weighted by molar-refractivity contribution is 6.31. The van der Waals surface area contributed by atoms with E-state index >= 15 is 0 Å². The van der Waals surface area contributed by atoms with E-state index in [1.807, 2.05) is 6.07 Å². The maximum Gasteiger partial charge on any atom is 0.136 e. The van der Waals surface area contributed by atoms with Gasteiger partial charge in [-0.2, -0.15) is 0 Å². The summed E-state index contributed by atoms with van der Waals surface area (Å²) < 4.78 is 13.8. The summed E-state index contributed by atoms with van der Waals surface area (Å²) in [6.45, 7) is 20.9. The molecule has 0 aliphatic rings. The molecular weight excluding hydrogens is 1250 g/mol. The van der Waals surface area contributed by atoms with Crippen LogP contribution in [0.15, 0.2) is 324 Å². The molecule has 101 heavy (non-hydrogen) atoms. The molecule has 4 nitrogen and oxygen atoms in total. The fourth-order valence-corrected chi connectivity index (χ4v) is 14.8. The standard InChI is InChI=1S/C96H79ClN2O2/c1-94(2,3)70-54-76(61-77(55-70)99(75-38-26-37-73(97)60-75)92-82(65-33-18-12-19-34-65)56-71(95(4,5)6)57-83(92)66-35-20-13-21-36-66)98(74-49-47-64(48-50-74)69-52-67(62-29-14-10-15-30-62)51-68(53-69)63-31-16-11-17-32-63)93-84(78-41-27-45-88-90(78)80-39-22-24-43-86(80)100-88)58-72(96(7,8)9)59-85(93)79-42-28-46-89-91(79)81-40-23-25-44-87(81)101-89/h10-61H,1-9H3. The highest BCUT2D eigenvalue weighted by Gasteiger charge is 2.33. The van der Waals surface area contributed by atoms with Gasteiger partial charge in [-0.25, -0.2) is 0 Å². The SMILES string of the molecule is CC(C)(C)c1cc(N(c2cccc(Cl)c2)c2c(-c3ccccc3)cc(C(C)(C)C)cc2-c2ccccc2)cc(N(c2ccc(-c3cc(-c4ccccc4)cc(-c4ccccc4)c3)cc2)c2c(-c3cccc4oc5ccccc5c34)cc(C(C)(C)C)cc2-c2cccc3oc4ccccc4c23)c1. The fourth-order valence-electron chi connectivity index (χ4n) is 14.6. The summed E-state index contributed by atoms with van der Waals surface area (Å²) in [5.74, 6) is 0. The van der Waals surface area contributed by atoms with Gasteiger partial charge in [0, 0.05) is 71.6 Å². The van der Waals surface area contributed by atoms with Crippen molar-refractivity contribution in [1.82, 2.24) is 0 Å². The second kappa shape index (κ2) is 25.7. The molecule has 0 atom stereocenters. The third-order valence-electron chi connectivity index (χ3n) is 19.9. The third kappa shape index (κ3) is 12.3. The van der Waals surface area contributed by atoms with Crippen LogP contribution in [0.5, 0.6) is 0 Å². The lowest BCUT2D eigenvalue weighted by Crippen LogP contribution is -2.20. The Kier molecular flexibility index (Phi) is 16.3. The monoisotopic (exact) mass is 1330 g/mol. The molecule has 2 aromatic heterocycles. The Bertz CT molecular complexity index is 5520. The lowest BCUT2D eigenvalue weighted by Gasteiger charge is -2.36. The Morgan fingerprint density at radius 1 is 0.238 bits per heavy atom. The van der Waals surface area contributed by atoms with Crippen LogP contribution in [0, 0.1) is 0 Å². The molecule has 0 aliphatic carbocycles. The molecule has 0 aliphatic heterocycles. The lowest BCUT2D eigenvalue weighted by molar-refractivity contribution is 0.590. The molecule has 0 amide bonds. The smallest absolute Gasteiger partial charge is 0.136 e. The van der Waals surface area contributed by atoms with Gasteiger partial charge in [0.15, 0.2) is 0 Å². The zero-order chi connectivity index (χ0) is 69.3. The van der Waals surface area contributed by atoms with Gasteiger partial charge in [-0.05, 0) is 204 Å². The quantitative estimate of drug-likeness (QED) is 0.115. The Hall–Kier alpha value is -11.4. The Morgan fingerprint density at radius 2 is 0.584 bits per heavy atom. The van der Waals surface area contributed by atoms with Gasteiger partial charge in [0.05, 0.1) is 11.4 Å². The largest absolute Gasteiger partial charge is 0.456 e. The van der Waals surface area contributed by atoms with Gasteiger partial charge >= 0.3 is 0 Å². The zero-order valence-electron chi connectivity index (χ0n) is 58.6. The van der Waals surface area contributed by atoms with Crippen molar-refractivity contribution in [3.8, 4) is 77.9 Å². The summed E-state index contributed by atoms with van der Waals surface area (Å²) >= 11 is 7.33.